The third-order valence-electron chi connectivity index (χ3n) is 2.81. The summed E-state index contributed by atoms with van der Waals surface area (Å²) < 4.78 is 0. The second kappa shape index (κ2) is 5.40. The lowest BCUT2D eigenvalue weighted by atomic mass is 10.0. The van der Waals surface area contributed by atoms with Crippen molar-refractivity contribution in [1.82, 2.24) is 10.2 Å². The average Bonchev–Trinajstić information content (AvgIpc) is 2.18. The molecule has 1 heterocycles. The van der Waals surface area contributed by atoms with E-state index < -0.39 is 0 Å². The topological polar surface area (TPSA) is 15.3 Å². The Kier molecular flexibility index (Phi) is 4.46. The van der Waals surface area contributed by atoms with Gasteiger partial charge in [0, 0.05) is 19.1 Å². The third kappa shape index (κ3) is 3.49. The molecule has 76 valence electrons. The van der Waals surface area contributed by atoms with Gasteiger partial charge in [-0.25, -0.2) is 0 Å². The molecule has 0 fully saturated rings. The quantitative estimate of drug-likeness (QED) is 0.665. The Morgan fingerprint density at radius 1 is 1.62 bits per heavy atom. The van der Waals surface area contributed by atoms with Crippen LogP contribution < -0.4 is 5.32 Å². The van der Waals surface area contributed by atoms with Gasteiger partial charge in [-0.1, -0.05) is 18.6 Å². The van der Waals surface area contributed by atoms with Crippen molar-refractivity contribution in [1.29, 1.82) is 0 Å². The molecule has 1 rings (SSSR count). The molecule has 0 aromatic rings. The Hall–Kier alpha value is -0.340. The Balaban J connectivity index is 2.37. The highest BCUT2D eigenvalue weighted by atomic mass is 15.1. The molecule has 2 nitrogen and oxygen atoms in total. The predicted octanol–water partition coefficient (Wildman–Crippen LogP) is 1.64. The third-order valence-corrected chi connectivity index (χ3v) is 2.81. The van der Waals surface area contributed by atoms with Crippen molar-refractivity contribution in [3.8, 4) is 0 Å². The van der Waals surface area contributed by atoms with Gasteiger partial charge >= 0.3 is 0 Å². The van der Waals surface area contributed by atoms with Crippen molar-refractivity contribution in [2.75, 3.05) is 26.7 Å². The highest BCUT2D eigenvalue weighted by Gasteiger charge is 2.12. The normalized spacial score (nSPS) is 21.3. The van der Waals surface area contributed by atoms with Crippen LogP contribution in [0.15, 0.2) is 11.6 Å². The lowest BCUT2D eigenvalue weighted by Crippen LogP contribution is -2.32. The number of nitrogens with one attached hydrogen (secondary N) is 1. The summed E-state index contributed by atoms with van der Waals surface area (Å²) >= 11 is 0. The number of likely N-dealkylation sites (N-methyl/N-ethyl adjacent to an activating group) is 1. The minimum atomic E-state index is 0.614. The Bertz CT molecular complexity index is 175. The molecule has 1 aliphatic heterocycles. The molecular formula is C11H22N2. The molecule has 0 bridgehead atoms. The molecule has 13 heavy (non-hydrogen) atoms. The van der Waals surface area contributed by atoms with Crippen molar-refractivity contribution >= 4 is 0 Å². The van der Waals surface area contributed by atoms with E-state index in [1.165, 1.54) is 32.5 Å². The lowest BCUT2D eigenvalue weighted by molar-refractivity contribution is 0.300. The summed E-state index contributed by atoms with van der Waals surface area (Å²) in [5.41, 5.74) is 1.61. The summed E-state index contributed by atoms with van der Waals surface area (Å²) in [5.74, 6) is 0. The lowest BCUT2D eigenvalue weighted by Gasteiger charge is -2.27. The fraction of sp³-hybridized carbons (Fsp3) is 0.818. The minimum Gasteiger partial charge on any atom is -0.317 e. The summed E-state index contributed by atoms with van der Waals surface area (Å²) in [6, 6.07) is 0.614. The van der Waals surface area contributed by atoms with E-state index in [2.05, 4.69) is 30.1 Å². The second-order valence-electron chi connectivity index (χ2n) is 3.91. The molecule has 0 saturated heterocycles. The van der Waals surface area contributed by atoms with Crippen LogP contribution in [0.5, 0.6) is 0 Å². The van der Waals surface area contributed by atoms with E-state index in [4.69, 9.17) is 0 Å². The first-order valence-corrected chi connectivity index (χ1v) is 5.33. The van der Waals surface area contributed by atoms with Crippen LogP contribution in [0.4, 0.5) is 0 Å². The van der Waals surface area contributed by atoms with Crippen molar-refractivity contribution in [2.24, 2.45) is 0 Å². The van der Waals surface area contributed by atoms with Gasteiger partial charge in [0.2, 0.25) is 0 Å². The van der Waals surface area contributed by atoms with Gasteiger partial charge in [-0.2, -0.15) is 0 Å². The molecule has 0 saturated carbocycles. The zero-order valence-corrected chi connectivity index (χ0v) is 9.14. The number of nitrogens with zero attached hydrogens (tertiary/aromatic N) is 1. The molecule has 0 spiro atoms. The van der Waals surface area contributed by atoms with E-state index >= 15 is 0 Å². The summed E-state index contributed by atoms with van der Waals surface area (Å²) in [6.07, 6.45) is 4.85. The molecule has 1 atom stereocenters. The van der Waals surface area contributed by atoms with Crippen LogP contribution in [0.2, 0.25) is 0 Å². The molecule has 1 aliphatic rings. The smallest absolute Gasteiger partial charge is 0.0193 e. The first kappa shape index (κ1) is 10.7. The summed E-state index contributed by atoms with van der Waals surface area (Å²) in [6.45, 7) is 8.10. The second-order valence-corrected chi connectivity index (χ2v) is 3.91. The maximum Gasteiger partial charge on any atom is 0.0193 e. The van der Waals surface area contributed by atoms with E-state index in [1.807, 2.05) is 7.05 Å². The fourth-order valence-electron chi connectivity index (χ4n) is 1.80. The van der Waals surface area contributed by atoms with Gasteiger partial charge in [0.1, 0.15) is 0 Å². The van der Waals surface area contributed by atoms with Crippen molar-refractivity contribution in [3.05, 3.63) is 11.6 Å². The highest BCUT2D eigenvalue weighted by Crippen LogP contribution is 2.13. The van der Waals surface area contributed by atoms with Gasteiger partial charge in [-0.15, -0.1) is 0 Å². The SMILES string of the molecule is CCN1CCC=C(CC(C)NC)C1. The zero-order chi connectivity index (χ0) is 9.68. The van der Waals surface area contributed by atoms with Crippen LogP contribution in [0.3, 0.4) is 0 Å². The van der Waals surface area contributed by atoms with E-state index in [1.54, 1.807) is 5.57 Å². The van der Waals surface area contributed by atoms with E-state index in [-0.39, 0.29) is 0 Å². The van der Waals surface area contributed by atoms with Gasteiger partial charge in [-0.3, -0.25) is 4.90 Å². The van der Waals surface area contributed by atoms with Crippen LogP contribution in [0, 0.1) is 0 Å². The van der Waals surface area contributed by atoms with E-state index in [0.29, 0.717) is 6.04 Å². The maximum absolute atomic E-state index is 3.29. The fourth-order valence-corrected chi connectivity index (χ4v) is 1.80. The molecule has 1 N–H and O–H groups in total. The van der Waals surface area contributed by atoms with Crippen LogP contribution in [0.25, 0.3) is 0 Å². The van der Waals surface area contributed by atoms with Crippen molar-refractivity contribution in [2.45, 2.75) is 32.7 Å². The molecule has 1 unspecified atom stereocenters. The molecule has 0 radical (unpaired) electrons. The first-order chi connectivity index (χ1) is 6.26. The summed E-state index contributed by atoms with van der Waals surface area (Å²) in [4.78, 5) is 2.51. The molecule has 0 aromatic heterocycles. The van der Waals surface area contributed by atoms with Gasteiger partial charge in [0.25, 0.3) is 0 Å². The highest BCUT2D eigenvalue weighted by molar-refractivity contribution is 5.09. The van der Waals surface area contributed by atoms with Gasteiger partial charge in [0.05, 0.1) is 0 Å². The standard InChI is InChI=1S/C11H22N2/c1-4-13-7-5-6-11(9-13)8-10(2)12-3/h6,10,12H,4-5,7-9H2,1-3H3. The van der Waals surface area contributed by atoms with E-state index in [9.17, 15) is 0 Å². The van der Waals surface area contributed by atoms with Gasteiger partial charge < -0.3 is 5.32 Å². The Morgan fingerprint density at radius 3 is 3.00 bits per heavy atom. The average molecular weight is 182 g/mol. The van der Waals surface area contributed by atoms with Crippen LogP contribution >= 0.6 is 0 Å². The minimum absolute atomic E-state index is 0.614. The van der Waals surface area contributed by atoms with Gasteiger partial charge in [-0.05, 0) is 33.4 Å². The number of hydrogen-bond donors (Lipinski definition) is 1. The largest absolute Gasteiger partial charge is 0.317 e. The van der Waals surface area contributed by atoms with Crippen LogP contribution in [-0.2, 0) is 0 Å². The molecule has 0 aliphatic carbocycles. The van der Waals surface area contributed by atoms with Gasteiger partial charge in [0.15, 0.2) is 0 Å². The maximum atomic E-state index is 3.29. The Morgan fingerprint density at radius 2 is 2.38 bits per heavy atom. The number of hydrogen-bond acceptors (Lipinski definition) is 2. The monoisotopic (exact) mass is 182 g/mol. The van der Waals surface area contributed by atoms with Crippen molar-refractivity contribution < 1.29 is 0 Å². The molecule has 0 amide bonds. The summed E-state index contributed by atoms with van der Waals surface area (Å²) in [7, 11) is 2.03. The molecule has 2 heteroatoms. The summed E-state index contributed by atoms with van der Waals surface area (Å²) in [5, 5.41) is 3.29. The predicted molar refractivity (Wildman–Crippen MR) is 58.0 cm³/mol. The van der Waals surface area contributed by atoms with Crippen molar-refractivity contribution in [3.63, 3.8) is 0 Å². The zero-order valence-electron chi connectivity index (χ0n) is 9.14. The van der Waals surface area contributed by atoms with Crippen LogP contribution in [0.1, 0.15) is 26.7 Å². The number of rotatable bonds is 4. The first-order valence-electron chi connectivity index (χ1n) is 5.33. The molecular weight excluding hydrogens is 160 g/mol. The van der Waals surface area contributed by atoms with E-state index in [0.717, 1.165) is 0 Å². The molecule has 0 aromatic carbocycles. The van der Waals surface area contributed by atoms with Crippen LogP contribution in [-0.4, -0.2) is 37.6 Å². The Labute approximate surface area is 82.0 Å².